The maximum Gasteiger partial charge on any atom is 0.322 e. The smallest absolute Gasteiger partial charge is 0.322 e. The van der Waals surface area contributed by atoms with Crippen LogP contribution in [0.4, 0.5) is 0 Å². The summed E-state index contributed by atoms with van der Waals surface area (Å²) in [6.45, 7) is 0. The molecular weight excluding hydrogens is 266 g/mol. The molecule has 2 heterocycles. The van der Waals surface area contributed by atoms with Gasteiger partial charge in [-0.3, -0.25) is 4.98 Å². The van der Waals surface area contributed by atoms with E-state index in [1.54, 1.807) is 37.7 Å². The number of aromatic nitrogens is 3. The fourth-order valence-corrected chi connectivity index (χ4v) is 1.76. The monoisotopic (exact) mass is 278 g/mol. The Morgan fingerprint density at radius 2 is 1.76 bits per heavy atom. The Morgan fingerprint density at radius 1 is 0.952 bits per heavy atom. The van der Waals surface area contributed by atoms with Gasteiger partial charge in [-0.1, -0.05) is 0 Å². The molecule has 5 heteroatoms. The molecule has 5 nitrogen and oxygen atoms in total. The van der Waals surface area contributed by atoms with Crippen molar-refractivity contribution in [1.29, 1.82) is 0 Å². The van der Waals surface area contributed by atoms with Gasteiger partial charge in [-0.25, -0.2) is 4.98 Å². The average Bonchev–Trinajstić information content (AvgIpc) is 2.57. The molecule has 103 valence electrons. The summed E-state index contributed by atoms with van der Waals surface area (Å²) in [7, 11) is 1.62. The zero-order valence-corrected chi connectivity index (χ0v) is 11.4. The summed E-state index contributed by atoms with van der Waals surface area (Å²) in [6, 6.07) is 13.0. The highest BCUT2D eigenvalue weighted by molar-refractivity contribution is 5.56. The van der Waals surface area contributed by atoms with Gasteiger partial charge in [0.05, 0.1) is 19.0 Å². The molecule has 1 radical (unpaired) electrons. The van der Waals surface area contributed by atoms with Gasteiger partial charge >= 0.3 is 6.01 Å². The quantitative estimate of drug-likeness (QED) is 0.733. The molecule has 0 N–H and O–H groups in total. The van der Waals surface area contributed by atoms with E-state index in [0.29, 0.717) is 11.4 Å². The summed E-state index contributed by atoms with van der Waals surface area (Å²) in [6.07, 6.45) is 6.19. The predicted molar refractivity (Wildman–Crippen MR) is 77.2 cm³/mol. The lowest BCUT2D eigenvalue weighted by molar-refractivity contribution is 0.410. The standard InChI is InChI=1S/C16H12N3O2/c1-20-13-4-6-14(7-5-13)21-16-18-10-8-15(19-16)12-3-2-9-17-11-12/h2-10H,1H3. The van der Waals surface area contributed by atoms with Gasteiger partial charge in [0.2, 0.25) is 0 Å². The first-order valence-electron chi connectivity index (χ1n) is 6.33. The number of nitrogens with zero attached hydrogens (tertiary/aromatic N) is 3. The van der Waals surface area contributed by atoms with E-state index in [0.717, 1.165) is 11.3 Å². The molecular formula is C16H12N3O2. The van der Waals surface area contributed by atoms with Crippen molar-refractivity contribution in [3.05, 3.63) is 61.1 Å². The first kappa shape index (κ1) is 13.1. The van der Waals surface area contributed by atoms with Gasteiger partial charge in [-0.15, -0.1) is 0 Å². The van der Waals surface area contributed by atoms with Crippen LogP contribution in [0.15, 0.2) is 54.9 Å². The average molecular weight is 278 g/mol. The molecule has 0 atom stereocenters. The molecule has 0 aliphatic carbocycles. The number of rotatable bonds is 4. The first-order valence-corrected chi connectivity index (χ1v) is 6.33. The van der Waals surface area contributed by atoms with Crippen LogP contribution in [0.5, 0.6) is 17.5 Å². The number of pyridine rings is 1. The summed E-state index contributed by atoms with van der Waals surface area (Å²) >= 11 is 0. The largest absolute Gasteiger partial charge is 0.497 e. The maximum atomic E-state index is 5.63. The van der Waals surface area contributed by atoms with Crippen molar-refractivity contribution in [2.45, 2.75) is 0 Å². The summed E-state index contributed by atoms with van der Waals surface area (Å²) in [5, 5.41) is 0. The lowest BCUT2D eigenvalue weighted by Gasteiger charge is -2.06. The topological polar surface area (TPSA) is 57.1 Å². The van der Waals surface area contributed by atoms with Gasteiger partial charge in [0.25, 0.3) is 0 Å². The SMILES string of the molecule is COc1ccc(Oc2nccc(-c3[c]nccc3)n2)cc1. The van der Waals surface area contributed by atoms with Crippen molar-refractivity contribution in [1.82, 2.24) is 15.0 Å². The first-order chi connectivity index (χ1) is 10.3. The molecule has 3 rings (SSSR count). The van der Waals surface area contributed by atoms with Crippen LogP contribution < -0.4 is 9.47 Å². The molecule has 0 saturated heterocycles. The third-order valence-electron chi connectivity index (χ3n) is 2.79. The van der Waals surface area contributed by atoms with E-state index >= 15 is 0 Å². The van der Waals surface area contributed by atoms with E-state index in [-0.39, 0.29) is 6.01 Å². The van der Waals surface area contributed by atoms with Crippen molar-refractivity contribution in [3.8, 4) is 28.8 Å². The van der Waals surface area contributed by atoms with Crippen LogP contribution >= 0.6 is 0 Å². The zero-order chi connectivity index (χ0) is 14.5. The van der Waals surface area contributed by atoms with Gasteiger partial charge < -0.3 is 9.47 Å². The number of ether oxygens (including phenoxy) is 2. The normalized spacial score (nSPS) is 10.1. The van der Waals surface area contributed by atoms with Crippen molar-refractivity contribution in [2.24, 2.45) is 0 Å². The lowest BCUT2D eigenvalue weighted by Crippen LogP contribution is -1.94. The molecule has 0 aliphatic heterocycles. The second kappa shape index (κ2) is 6.00. The Kier molecular flexibility index (Phi) is 3.73. The van der Waals surface area contributed by atoms with Crippen molar-refractivity contribution in [3.63, 3.8) is 0 Å². The number of hydrogen-bond acceptors (Lipinski definition) is 5. The Hall–Kier alpha value is -2.95. The molecule has 21 heavy (non-hydrogen) atoms. The van der Waals surface area contributed by atoms with E-state index in [1.807, 2.05) is 24.3 Å². The molecule has 0 saturated carbocycles. The van der Waals surface area contributed by atoms with Gasteiger partial charge in [0.15, 0.2) is 0 Å². The summed E-state index contributed by atoms with van der Waals surface area (Å²) in [5.41, 5.74) is 1.50. The molecule has 2 aromatic heterocycles. The molecule has 0 spiro atoms. The molecule has 1 aromatic carbocycles. The van der Waals surface area contributed by atoms with Crippen molar-refractivity contribution < 1.29 is 9.47 Å². The minimum Gasteiger partial charge on any atom is -0.497 e. The van der Waals surface area contributed by atoms with Gasteiger partial charge in [0.1, 0.15) is 11.5 Å². The minimum atomic E-state index is 0.273. The van der Waals surface area contributed by atoms with Crippen LogP contribution in [0.2, 0.25) is 0 Å². The molecule has 0 aliphatic rings. The van der Waals surface area contributed by atoms with Crippen molar-refractivity contribution in [2.75, 3.05) is 7.11 Å². The number of benzene rings is 1. The number of hydrogen-bond donors (Lipinski definition) is 0. The summed E-state index contributed by atoms with van der Waals surface area (Å²) in [5.74, 6) is 1.41. The van der Waals surface area contributed by atoms with E-state index < -0.39 is 0 Å². The van der Waals surface area contributed by atoms with E-state index in [4.69, 9.17) is 9.47 Å². The summed E-state index contributed by atoms with van der Waals surface area (Å²) in [4.78, 5) is 12.4. The van der Waals surface area contributed by atoms with Crippen LogP contribution in [0.1, 0.15) is 0 Å². The zero-order valence-electron chi connectivity index (χ0n) is 11.4. The van der Waals surface area contributed by atoms with E-state index in [1.165, 1.54) is 0 Å². The van der Waals surface area contributed by atoms with Crippen LogP contribution in [0.25, 0.3) is 11.3 Å². The van der Waals surface area contributed by atoms with Crippen molar-refractivity contribution >= 4 is 0 Å². The Labute approximate surface area is 122 Å². The van der Waals surface area contributed by atoms with Gasteiger partial charge in [-0.2, -0.15) is 4.98 Å². The van der Waals surface area contributed by atoms with Crippen LogP contribution in [-0.2, 0) is 0 Å². The minimum absolute atomic E-state index is 0.273. The highest BCUT2D eigenvalue weighted by Gasteiger charge is 2.05. The highest BCUT2D eigenvalue weighted by Crippen LogP contribution is 2.23. The van der Waals surface area contributed by atoms with E-state index in [2.05, 4.69) is 21.1 Å². The summed E-state index contributed by atoms with van der Waals surface area (Å²) < 4.78 is 10.7. The van der Waals surface area contributed by atoms with Crippen LogP contribution in [0, 0.1) is 6.20 Å². The predicted octanol–water partition coefficient (Wildman–Crippen LogP) is 3.14. The Bertz CT molecular complexity index is 715. The Morgan fingerprint density at radius 3 is 2.48 bits per heavy atom. The fourth-order valence-electron chi connectivity index (χ4n) is 1.76. The second-order valence-electron chi connectivity index (χ2n) is 4.16. The van der Waals surface area contributed by atoms with Crippen LogP contribution in [-0.4, -0.2) is 22.1 Å². The molecule has 0 bridgehead atoms. The van der Waals surface area contributed by atoms with Gasteiger partial charge in [-0.05, 0) is 42.5 Å². The Balaban J connectivity index is 1.83. The molecule has 0 fully saturated rings. The highest BCUT2D eigenvalue weighted by atomic mass is 16.5. The molecule has 0 amide bonds. The second-order valence-corrected chi connectivity index (χ2v) is 4.16. The fraction of sp³-hybridized carbons (Fsp3) is 0.0625. The third kappa shape index (κ3) is 3.14. The maximum absolute atomic E-state index is 5.63. The lowest BCUT2D eigenvalue weighted by atomic mass is 10.2. The van der Waals surface area contributed by atoms with Gasteiger partial charge in [0, 0.05) is 18.0 Å². The van der Waals surface area contributed by atoms with E-state index in [9.17, 15) is 0 Å². The van der Waals surface area contributed by atoms with Crippen LogP contribution in [0.3, 0.4) is 0 Å². The third-order valence-corrected chi connectivity index (χ3v) is 2.79. The number of methoxy groups -OCH3 is 1. The molecule has 0 unspecified atom stereocenters. The molecule has 3 aromatic rings.